The number of nitrogens with zero attached hydrogens (tertiary/aromatic N) is 2. The Morgan fingerprint density at radius 2 is 1.81 bits per heavy atom. The first-order valence-electron chi connectivity index (χ1n) is 7.71. The third kappa shape index (κ3) is 2.88. The minimum Gasteiger partial charge on any atom is -0.477 e. The highest BCUT2D eigenvalue weighted by Gasteiger charge is 2.22. The second-order valence-corrected chi connectivity index (χ2v) is 5.58. The molecule has 0 radical (unpaired) electrons. The normalized spacial score (nSPS) is 10.7. The first kappa shape index (κ1) is 17.2. The van der Waals surface area contributed by atoms with Gasteiger partial charge in [-0.05, 0) is 19.1 Å². The van der Waals surface area contributed by atoms with Crippen molar-refractivity contribution in [1.29, 1.82) is 0 Å². The molecule has 1 heterocycles. The van der Waals surface area contributed by atoms with E-state index in [-0.39, 0.29) is 17.0 Å². The van der Waals surface area contributed by atoms with Gasteiger partial charge in [0, 0.05) is 17.1 Å². The minimum absolute atomic E-state index is 0.00455. The molecule has 8 heteroatoms. The van der Waals surface area contributed by atoms with E-state index < -0.39 is 23.3 Å². The fraction of sp³-hybridized carbons (Fsp3) is 0.111. The number of fused-ring (bicyclic) bond motifs is 1. The molecule has 0 spiro atoms. The highest BCUT2D eigenvalue weighted by molar-refractivity contribution is 6.10. The van der Waals surface area contributed by atoms with Gasteiger partial charge >= 0.3 is 5.69 Å². The number of para-hydroxylation sites is 3. The summed E-state index contributed by atoms with van der Waals surface area (Å²) in [5.41, 5.74) is 6.40. The molecule has 3 aromatic rings. The van der Waals surface area contributed by atoms with Crippen LogP contribution >= 0.6 is 0 Å². The Labute approximate surface area is 147 Å². The molecule has 0 saturated carbocycles. The van der Waals surface area contributed by atoms with Crippen LogP contribution in [0.25, 0.3) is 10.9 Å². The van der Waals surface area contributed by atoms with Crippen molar-refractivity contribution in [3.63, 3.8) is 0 Å². The van der Waals surface area contributed by atoms with E-state index in [1.54, 1.807) is 37.3 Å². The summed E-state index contributed by atoms with van der Waals surface area (Å²) in [5, 5.41) is 11.6. The molecule has 0 aliphatic carbocycles. The molecule has 0 aliphatic rings. The zero-order valence-electron chi connectivity index (χ0n) is 13.8. The number of rotatable bonds is 5. The average molecular weight is 353 g/mol. The van der Waals surface area contributed by atoms with Gasteiger partial charge < -0.3 is 10.5 Å². The van der Waals surface area contributed by atoms with E-state index in [0.29, 0.717) is 16.6 Å². The zero-order chi connectivity index (χ0) is 18.8. The van der Waals surface area contributed by atoms with E-state index >= 15 is 0 Å². The van der Waals surface area contributed by atoms with Gasteiger partial charge in [0.2, 0.25) is 0 Å². The van der Waals surface area contributed by atoms with Crippen LogP contribution < -0.4 is 10.5 Å². The minimum atomic E-state index is -0.634. The number of carbonyl (C=O) groups is 2. The molecular formula is C18H15N3O5. The quantitative estimate of drug-likeness (QED) is 0.559. The van der Waals surface area contributed by atoms with Crippen LogP contribution in [0.1, 0.15) is 20.8 Å². The fourth-order valence-corrected chi connectivity index (χ4v) is 2.93. The van der Waals surface area contributed by atoms with Crippen molar-refractivity contribution in [2.24, 2.45) is 5.73 Å². The van der Waals surface area contributed by atoms with Crippen molar-refractivity contribution in [3.8, 4) is 5.75 Å². The van der Waals surface area contributed by atoms with Gasteiger partial charge in [-0.1, -0.05) is 30.3 Å². The predicted octanol–water partition coefficient (Wildman–Crippen LogP) is 2.68. The van der Waals surface area contributed by atoms with Crippen LogP contribution in [-0.4, -0.2) is 27.9 Å². The third-order valence-corrected chi connectivity index (χ3v) is 4.02. The summed E-state index contributed by atoms with van der Waals surface area (Å²) >= 11 is 0. The first-order chi connectivity index (χ1) is 12.4. The molecule has 0 unspecified atom stereocenters. The van der Waals surface area contributed by atoms with Crippen LogP contribution in [0.3, 0.4) is 0 Å². The van der Waals surface area contributed by atoms with Crippen molar-refractivity contribution < 1.29 is 19.2 Å². The molecule has 2 N–H and O–H groups in total. The van der Waals surface area contributed by atoms with Gasteiger partial charge in [0.05, 0.1) is 16.0 Å². The van der Waals surface area contributed by atoms with Crippen LogP contribution in [-0.2, 0) is 0 Å². The number of nitrogens with two attached hydrogens (primary N) is 1. The Morgan fingerprint density at radius 1 is 1.15 bits per heavy atom. The average Bonchev–Trinajstić information content (AvgIpc) is 2.91. The molecule has 0 fully saturated rings. The highest BCUT2D eigenvalue weighted by Crippen LogP contribution is 2.27. The van der Waals surface area contributed by atoms with E-state index in [2.05, 4.69) is 0 Å². The van der Waals surface area contributed by atoms with E-state index in [0.717, 1.165) is 0 Å². The molecule has 1 amide bonds. The number of hydrogen-bond donors (Lipinski definition) is 1. The zero-order valence-corrected chi connectivity index (χ0v) is 13.8. The van der Waals surface area contributed by atoms with Crippen molar-refractivity contribution >= 4 is 28.4 Å². The molecule has 0 atom stereocenters. The standard InChI is InChI=1S/C18H15N3O5/c1-11-17(18(19)23)12-6-2-3-7-13(12)20(11)16(22)10-26-15-9-5-4-8-14(15)21(24)25/h2-9H,10H2,1H3,(H2,19,23). The Bertz CT molecular complexity index is 1040. The number of benzene rings is 2. The number of ether oxygens (including phenoxy) is 1. The first-order valence-corrected chi connectivity index (χ1v) is 7.71. The van der Waals surface area contributed by atoms with Crippen molar-refractivity contribution in [2.75, 3.05) is 6.61 Å². The summed E-state index contributed by atoms with van der Waals surface area (Å²) in [5.74, 6) is -1.11. The number of aromatic nitrogens is 1. The maximum atomic E-state index is 12.7. The number of hydrogen-bond acceptors (Lipinski definition) is 5. The second kappa shape index (κ2) is 6.67. The molecule has 132 valence electrons. The lowest BCUT2D eigenvalue weighted by molar-refractivity contribution is -0.385. The molecule has 8 nitrogen and oxygen atoms in total. The van der Waals surface area contributed by atoms with Crippen molar-refractivity contribution in [1.82, 2.24) is 4.57 Å². The van der Waals surface area contributed by atoms with Gasteiger partial charge in [0.1, 0.15) is 0 Å². The summed E-state index contributed by atoms with van der Waals surface area (Å²) in [6.07, 6.45) is 0. The van der Waals surface area contributed by atoms with Gasteiger partial charge in [-0.25, -0.2) is 0 Å². The van der Waals surface area contributed by atoms with Gasteiger partial charge in [-0.2, -0.15) is 0 Å². The van der Waals surface area contributed by atoms with Crippen molar-refractivity contribution in [3.05, 3.63) is 69.9 Å². The lowest BCUT2D eigenvalue weighted by Gasteiger charge is -2.09. The van der Waals surface area contributed by atoms with Gasteiger partial charge in [0.25, 0.3) is 11.8 Å². The molecule has 0 bridgehead atoms. The lowest BCUT2D eigenvalue weighted by atomic mass is 10.1. The van der Waals surface area contributed by atoms with Gasteiger partial charge in [0.15, 0.2) is 12.4 Å². The summed E-state index contributed by atoms with van der Waals surface area (Å²) in [6, 6.07) is 12.7. The Balaban J connectivity index is 1.96. The molecule has 0 saturated heterocycles. The van der Waals surface area contributed by atoms with Gasteiger partial charge in [-0.15, -0.1) is 0 Å². The number of amides is 1. The fourth-order valence-electron chi connectivity index (χ4n) is 2.93. The topological polar surface area (TPSA) is 117 Å². The Kier molecular flexibility index (Phi) is 4.40. The van der Waals surface area contributed by atoms with Crippen LogP contribution in [0.2, 0.25) is 0 Å². The number of nitro groups is 1. The molecule has 1 aromatic heterocycles. The predicted molar refractivity (Wildman–Crippen MR) is 94.4 cm³/mol. The molecule has 2 aromatic carbocycles. The second-order valence-electron chi connectivity index (χ2n) is 5.58. The number of carbonyl (C=O) groups excluding carboxylic acids is 2. The van der Waals surface area contributed by atoms with Crippen molar-refractivity contribution in [2.45, 2.75) is 6.92 Å². The smallest absolute Gasteiger partial charge is 0.310 e. The monoisotopic (exact) mass is 353 g/mol. The van der Waals surface area contributed by atoms with Crippen LogP contribution in [0.15, 0.2) is 48.5 Å². The SMILES string of the molecule is Cc1c(C(N)=O)c2ccccc2n1C(=O)COc1ccccc1[N+](=O)[O-]. The molecule has 0 aliphatic heterocycles. The van der Waals surface area contributed by atoms with E-state index in [1.165, 1.54) is 22.8 Å². The maximum absolute atomic E-state index is 12.7. The van der Waals surface area contributed by atoms with Crippen LogP contribution in [0, 0.1) is 17.0 Å². The van der Waals surface area contributed by atoms with E-state index in [1.807, 2.05) is 0 Å². The van der Waals surface area contributed by atoms with Crippen LogP contribution in [0.4, 0.5) is 5.69 Å². The molecule has 3 rings (SSSR count). The van der Waals surface area contributed by atoms with Crippen LogP contribution in [0.5, 0.6) is 5.75 Å². The summed E-state index contributed by atoms with van der Waals surface area (Å²) < 4.78 is 6.70. The highest BCUT2D eigenvalue weighted by atomic mass is 16.6. The Morgan fingerprint density at radius 3 is 2.50 bits per heavy atom. The Hall–Kier alpha value is -3.68. The summed E-state index contributed by atoms with van der Waals surface area (Å²) in [4.78, 5) is 34.9. The van der Waals surface area contributed by atoms with E-state index in [4.69, 9.17) is 10.5 Å². The maximum Gasteiger partial charge on any atom is 0.310 e. The number of primary amides is 1. The van der Waals surface area contributed by atoms with Gasteiger partial charge in [-0.3, -0.25) is 24.3 Å². The number of nitro benzene ring substituents is 1. The lowest BCUT2D eigenvalue weighted by Crippen LogP contribution is -2.21. The molecule has 26 heavy (non-hydrogen) atoms. The molecular weight excluding hydrogens is 338 g/mol. The van der Waals surface area contributed by atoms with E-state index in [9.17, 15) is 19.7 Å². The third-order valence-electron chi connectivity index (χ3n) is 4.02. The summed E-state index contributed by atoms with van der Waals surface area (Å²) in [6.45, 7) is 1.19. The largest absolute Gasteiger partial charge is 0.477 e. The summed E-state index contributed by atoms with van der Waals surface area (Å²) in [7, 11) is 0.